The number of aryl methyl sites for hydroxylation is 3. The topological polar surface area (TPSA) is 21.3 Å². The molecule has 0 spiro atoms. The zero-order valence-corrected chi connectivity index (χ0v) is 13.8. The Hall–Kier alpha value is -0.860. The van der Waals surface area contributed by atoms with Crippen LogP contribution in [-0.2, 0) is 24.0 Å². The monoisotopic (exact) mass is 289 g/mol. The van der Waals surface area contributed by atoms with Crippen LogP contribution in [0.5, 0.6) is 0 Å². The van der Waals surface area contributed by atoms with E-state index >= 15 is 0 Å². The average Bonchev–Trinajstić information content (AvgIpc) is 2.52. The number of hydrogen-bond donors (Lipinski definition) is 1. The first-order valence-corrected chi connectivity index (χ1v) is 8.60. The van der Waals surface area contributed by atoms with Crippen LogP contribution in [0.15, 0.2) is 18.2 Å². The Morgan fingerprint density at radius 1 is 1.10 bits per heavy atom. The summed E-state index contributed by atoms with van der Waals surface area (Å²) in [4.78, 5) is 0. The van der Waals surface area contributed by atoms with Gasteiger partial charge in [-0.3, -0.25) is 0 Å². The molecular formula is C19H31NO. The maximum atomic E-state index is 5.04. The smallest absolute Gasteiger partial charge is 0.0587 e. The summed E-state index contributed by atoms with van der Waals surface area (Å²) in [7, 11) is 1.75. The van der Waals surface area contributed by atoms with Gasteiger partial charge < -0.3 is 10.1 Å². The molecule has 0 bridgehead atoms. The lowest BCUT2D eigenvalue weighted by molar-refractivity contribution is 0.199. The van der Waals surface area contributed by atoms with Gasteiger partial charge in [0.15, 0.2) is 0 Å². The van der Waals surface area contributed by atoms with Crippen LogP contribution in [0.3, 0.4) is 0 Å². The van der Waals surface area contributed by atoms with Crippen LogP contribution in [-0.4, -0.2) is 26.8 Å². The van der Waals surface area contributed by atoms with Gasteiger partial charge in [-0.25, -0.2) is 0 Å². The van der Waals surface area contributed by atoms with Crippen molar-refractivity contribution in [2.24, 2.45) is 5.92 Å². The van der Waals surface area contributed by atoms with Gasteiger partial charge in [0, 0.05) is 13.7 Å². The Bertz CT molecular complexity index is 416. The van der Waals surface area contributed by atoms with E-state index in [2.05, 4.69) is 30.4 Å². The van der Waals surface area contributed by atoms with Crippen molar-refractivity contribution >= 4 is 0 Å². The van der Waals surface area contributed by atoms with Crippen molar-refractivity contribution in [2.45, 2.75) is 51.9 Å². The van der Waals surface area contributed by atoms with Crippen molar-refractivity contribution in [2.75, 3.05) is 26.8 Å². The lowest BCUT2D eigenvalue weighted by Gasteiger charge is -2.17. The summed E-state index contributed by atoms with van der Waals surface area (Å²) in [6.45, 7) is 5.25. The molecule has 0 aliphatic heterocycles. The molecule has 1 N–H and O–H groups in total. The highest BCUT2D eigenvalue weighted by Gasteiger charge is 2.10. The van der Waals surface area contributed by atoms with Crippen molar-refractivity contribution < 1.29 is 4.74 Å². The number of hydrogen-bond acceptors (Lipinski definition) is 2. The summed E-state index contributed by atoms with van der Waals surface area (Å²) in [6, 6.07) is 7.20. The summed E-state index contributed by atoms with van der Waals surface area (Å²) >= 11 is 0. The lowest BCUT2D eigenvalue weighted by atomic mass is 9.89. The van der Waals surface area contributed by atoms with E-state index in [0.717, 1.165) is 25.6 Å². The van der Waals surface area contributed by atoms with Crippen molar-refractivity contribution in [3.8, 4) is 0 Å². The van der Waals surface area contributed by atoms with Crippen LogP contribution in [0.25, 0.3) is 0 Å². The highest BCUT2D eigenvalue weighted by molar-refractivity contribution is 5.33. The molecule has 1 aliphatic carbocycles. The molecule has 1 atom stereocenters. The number of ether oxygens (including phenoxy) is 1. The SMILES string of the molecule is COCCNCCC(C)CCc1ccc2c(c1)CCCC2. The Kier molecular flexibility index (Phi) is 7.25. The largest absolute Gasteiger partial charge is 0.383 e. The Balaban J connectivity index is 1.67. The second-order valence-electron chi connectivity index (χ2n) is 6.49. The molecule has 0 saturated heterocycles. The molecule has 0 amide bonds. The van der Waals surface area contributed by atoms with Crippen molar-refractivity contribution in [1.82, 2.24) is 5.32 Å². The Morgan fingerprint density at radius 2 is 1.90 bits per heavy atom. The highest BCUT2D eigenvalue weighted by Crippen LogP contribution is 2.23. The van der Waals surface area contributed by atoms with Gasteiger partial charge in [-0.2, -0.15) is 0 Å². The maximum absolute atomic E-state index is 5.04. The number of nitrogens with one attached hydrogen (secondary N) is 1. The number of benzene rings is 1. The van der Waals surface area contributed by atoms with E-state index in [-0.39, 0.29) is 0 Å². The van der Waals surface area contributed by atoms with E-state index < -0.39 is 0 Å². The summed E-state index contributed by atoms with van der Waals surface area (Å²) in [6.07, 6.45) is 9.12. The minimum absolute atomic E-state index is 0.788. The minimum Gasteiger partial charge on any atom is -0.383 e. The Morgan fingerprint density at radius 3 is 2.71 bits per heavy atom. The molecule has 0 saturated carbocycles. The zero-order valence-electron chi connectivity index (χ0n) is 13.8. The molecule has 1 aromatic carbocycles. The van der Waals surface area contributed by atoms with Crippen molar-refractivity contribution in [1.29, 1.82) is 0 Å². The summed E-state index contributed by atoms with van der Waals surface area (Å²) in [5.74, 6) is 0.788. The number of fused-ring (bicyclic) bond motifs is 1. The van der Waals surface area contributed by atoms with E-state index in [1.54, 1.807) is 18.2 Å². The van der Waals surface area contributed by atoms with E-state index in [1.165, 1.54) is 50.5 Å². The van der Waals surface area contributed by atoms with Gasteiger partial charge in [0.2, 0.25) is 0 Å². The predicted octanol–water partition coefficient (Wildman–Crippen LogP) is 3.76. The minimum atomic E-state index is 0.788. The van der Waals surface area contributed by atoms with Crippen LogP contribution >= 0.6 is 0 Å². The van der Waals surface area contributed by atoms with Gasteiger partial charge >= 0.3 is 0 Å². The van der Waals surface area contributed by atoms with Gasteiger partial charge in [-0.15, -0.1) is 0 Å². The highest BCUT2D eigenvalue weighted by atomic mass is 16.5. The van der Waals surface area contributed by atoms with Gasteiger partial charge in [0.1, 0.15) is 0 Å². The number of methoxy groups -OCH3 is 1. The molecule has 2 heteroatoms. The molecule has 1 aromatic rings. The average molecular weight is 289 g/mol. The molecule has 0 heterocycles. The summed E-state index contributed by atoms with van der Waals surface area (Å²) in [5, 5.41) is 3.43. The summed E-state index contributed by atoms with van der Waals surface area (Å²) in [5.41, 5.74) is 4.75. The van der Waals surface area contributed by atoms with E-state index in [9.17, 15) is 0 Å². The van der Waals surface area contributed by atoms with Crippen LogP contribution in [0.1, 0.15) is 49.3 Å². The van der Waals surface area contributed by atoms with Gasteiger partial charge in [0.05, 0.1) is 6.61 Å². The quantitative estimate of drug-likeness (QED) is 0.699. The van der Waals surface area contributed by atoms with Crippen molar-refractivity contribution in [3.05, 3.63) is 34.9 Å². The van der Waals surface area contributed by atoms with Crippen LogP contribution < -0.4 is 5.32 Å². The fourth-order valence-electron chi connectivity index (χ4n) is 3.15. The van der Waals surface area contributed by atoms with E-state index in [1.807, 2.05) is 0 Å². The first-order chi connectivity index (χ1) is 10.3. The molecule has 1 unspecified atom stereocenters. The standard InChI is InChI=1S/C19H31NO/c1-16(11-12-20-13-14-21-2)7-8-17-9-10-18-5-3-4-6-19(18)15-17/h9-10,15-16,20H,3-8,11-14H2,1-2H3. The first kappa shape index (κ1) is 16.5. The predicted molar refractivity (Wildman–Crippen MR) is 89.9 cm³/mol. The molecule has 0 fully saturated rings. The van der Waals surface area contributed by atoms with Gasteiger partial charge in [-0.05, 0) is 74.1 Å². The fraction of sp³-hybridized carbons (Fsp3) is 0.684. The summed E-state index contributed by atoms with van der Waals surface area (Å²) < 4.78 is 5.04. The maximum Gasteiger partial charge on any atom is 0.0587 e. The van der Waals surface area contributed by atoms with Gasteiger partial charge in [0.25, 0.3) is 0 Å². The molecule has 2 nitrogen and oxygen atoms in total. The van der Waals surface area contributed by atoms with Crippen LogP contribution in [0.2, 0.25) is 0 Å². The molecule has 21 heavy (non-hydrogen) atoms. The molecule has 0 radical (unpaired) electrons. The molecule has 1 aliphatic rings. The van der Waals surface area contributed by atoms with Crippen LogP contribution in [0, 0.1) is 5.92 Å². The second-order valence-corrected chi connectivity index (χ2v) is 6.49. The first-order valence-electron chi connectivity index (χ1n) is 8.60. The third kappa shape index (κ3) is 5.80. The normalized spacial score (nSPS) is 15.7. The molecular weight excluding hydrogens is 258 g/mol. The van der Waals surface area contributed by atoms with Crippen LogP contribution in [0.4, 0.5) is 0 Å². The Labute approximate surface area is 130 Å². The second kappa shape index (κ2) is 9.22. The zero-order chi connectivity index (χ0) is 14.9. The molecule has 0 aromatic heterocycles. The lowest BCUT2D eigenvalue weighted by Crippen LogP contribution is -2.21. The third-order valence-corrected chi connectivity index (χ3v) is 4.64. The third-order valence-electron chi connectivity index (χ3n) is 4.64. The number of rotatable bonds is 9. The van der Waals surface area contributed by atoms with E-state index in [4.69, 9.17) is 4.74 Å². The molecule has 2 rings (SSSR count). The van der Waals surface area contributed by atoms with Gasteiger partial charge in [-0.1, -0.05) is 25.1 Å². The fourth-order valence-corrected chi connectivity index (χ4v) is 3.15. The molecule has 118 valence electrons. The van der Waals surface area contributed by atoms with E-state index in [0.29, 0.717) is 0 Å². The van der Waals surface area contributed by atoms with Crippen molar-refractivity contribution in [3.63, 3.8) is 0 Å².